The fourth-order valence-electron chi connectivity index (χ4n) is 1.75. The Hall–Kier alpha value is -0.0800. The van der Waals surface area contributed by atoms with E-state index in [1.807, 2.05) is 0 Å². The molecule has 1 fully saturated rings. The van der Waals surface area contributed by atoms with E-state index in [0.717, 1.165) is 12.3 Å². The maximum atomic E-state index is 8.67. The van der Waals surface area contributed by atoms with Gasteiger partial charge in [-0.05, 0) is 12.3 Å². The van der Waals surface area contributed by atoms with Gasteiger partial charge in [0, 0.05) is 6.04 Å². The zero-order valence-corrected chi connectivity index (χ0v) is 6.42. The smallest absolute Gasteiger partial charge is 0.0582 e. The van der Waals surface area contributed by atoms with Crippen molar-refractivity contribution in [2.24, 2.45) is 11.7 Å². The van der Waals surface area contributed by atoms with E-state index in [-0.39, 0.29) is 12.6 Å². The lowest BCUT2D eigenvalue weighted by atomic mass is 9.99. The lowest BCUT2D eigenvalue weighted by molar-refractivity contribution is 0.245. The SMILES string of the molecule is N[C@H](CO)CC1CCCC1. The first-order valence-electron chi connectivity index (χ1n) is 4.19. The van der Waals surface area contributed by atoms with Gasteiger partial charge in [-0.15, -0.1) is 0 Å². The highest BCUT2D eigenvalue weighted by Crippen LogP contribution is 2.27. The molecule has 1 aliphatic rings. The maximum Gasteiger partial charge on any atom is 0.0582 e. The van der Waals surface area contributed by atoms with Gasteiger partial charge in [-0.1, -0.05) is 25.7 Å². The quantitative estimate of drug-likeness (QED) is 0.616. The van der Waals surface area contributed by atoms with Gasteiger partial charge in [0.05, 0.1) is 6.61 Å². The van der Waals surface area contributed by atoms with Crippen molar-refractivity contribution in [1.29, 1.82) is 0 Å². The third-order valence-electron chi connectivity index (χ3n) is 2.35. The Morgan fingerprint density at radius 2 is 2.00 bits per heavy atom. The summed E-state index contributed by atoms with van der Waals surface area (Å²) in [5.41, 5.74) is 5.60. The highest BCUT2D eigenvalue weighted by Gasteiger charge is 2.17. The summed E-state index contributed by atoms with van der Waals surface area (Å²) < 4.78 is 0. The molecule has 2 nitrogen and oxygen atoms in total. The standard InChI is InChI=1S/C8H17NO/c9-8(6-10)5-7-3-1-2-4-7/h7-8,10H,1-6,9H2/t8-/m0/s1. The van der Waals surface area contributed by atoms with Crippen LogP contribution in [0.3, 0.4) is 0 Å². The largest absolute Gasteiger partial charge is 0.395 e. The molecule has 0 bridgehead atoms. The minimum Gasteiger partial charge on any atom is -0.395 e. The second kappa shape index (κ2) is 3.94. The molecule has 0 heterocycles. The fraction of sp³-hybridized carbons (Fsp3) is 1.00. The normalized spacial score (nSPS) is 23.4. The summed E-state index contributed by atoms with van der Waals surface area (Å²) in [6.07, 6.45) is 6.41. The number of aliphatic hydroxyl groups is 1. The first-order chi connectivity index (χ1) is 4.83. The Labute approximate surface area is 62.4 Å². The van der Waals surface area contributed by atoms with Crippen LogP contribution in [-0.4, -0.2) is 17.8 Å². The van der Waals surface area contributed by atoms with Gasteiger partial charge in [-0.3, -0.25) is 0 Å². The van der Waals surface area contributed by atoms with Crippen LogP contribution in [0.4, 0.5) is 0 Å². The van der Waals surface area contributed by atoms with Crippen molar-refractivity contribution >= 4 is 0 Å². The van der Waals surface area contributed by atoms with Gasteiger partial charge in [-0.25, -0.2) is 0 Å². The molecule has 1 aliphatic carbocycles. The molecule has 0 unspecified atom stereocenters. The Kier molecular flexibility index (Phi) is 3.16. The number of rotatable bonds is 3. The molecule has 60 valence electrons. The highest BCUT2D eigenvalue weighted by atomic mass is 16.3. The first kappa shape index (κ1) is 8.02. The van der Waals surface area contributed by atoms with E-state index in [0.29, 0.717) is 0 Å². The maximum absolute atomic E-state index is 8.67. The molecule has 0 aliphatic heterocycles. The molecule has 3 N–H and O–H groups in total. The first-order valence-corrected chi connectivity index (χ1v) is 4.19. The number of hydrogen-bond donors (Lipinski definition) is 2. The van der Waals surface area contributed by atoms with E-state index >= 15 is 0 Å². The molecule has 0 aromatic heterocycles. The second-order valence-electron chi connectivity index (χ2n) is 3.33. The van der Waals surface area contributed by atoms with E-state index in [1.165, 1.54) is 25.7 Å². The Balaban J connectivity index is 2.11. The number of hydrogen-bond acceptors (Lipinski definition) is 2. The van der Waals surface area contributed by atoms with E-state index in [1.54, 1.807) is 0 Å². The number of aliphatic hydroxyl groups excluding tert-OH is 1. The predicted molar refractivity (Wildman–Crippen MR) is 41.6 cm³/mol. The topological polar surface area (TPSA) is 46.2 Å². The molecular formula is C8H17NO. The summed E-state index contributed by atoms with van der Waals surface area (Å²) in [5.74, 6) is 0.808. The number of nitrogens with two attached hydrogens (primary N) is 1. The highest BCUT2D eigenvalue weighted by molar-refractivity contribution is 4.72. The van der Waals surface area contributed by atoms with Crippen LogP contribution in [0.1, 0.15) is 32.1 Å². The molecule has 1 rings (SSSR count). The monoisotopic (exact) mass is 143 g/mol. The molecule has 1 saturated carbocycles. The molecule has 0 radical (unpaired) electrons. The van der Waals surface area contributed by atoms with Crippen LogP contribution in [0.2, 0.25) is 0 Å². The molecule has 0 aromatic rings. The Bertz CT molecular complexity index is 89.3. The summed E-state index contributed by atoms with van der Waals surface area (Å²) in [6.45, 7) is 0.149. The molecule has 2 heteroatoms. The average Bonchev–Trinajstić information content (AvgIpc) is 2.40. The van der Waals surface area contributed by atoms with Crippen LogP contribution < -0.4 is 5.73 Å². The molecule has 1 atom stereocenters. The van der Waals surface area contributed by atoms with Crippen molar-refractivity contribution in [3.63, 3.8) is 0 Å². The molecular weight excluding hydrogens is 126 g/mol. The average molecular weight is 143 g/mol. The predicted octanol–water partition coefficient (Wildman–Crippen LogP) is 0.886. The minimum atomic E-state index is 0.0306. The van der Waals surface area contributed by atoms with Gasteiger partial charge < -0.3 is 10.8 Å². The van der Waals surface area contributed by atoms with E-state index in [2.05, 4.69) is 0 Å². The minimum absolute atomic E-state index is 0.0306. The molecule has 0 aromatic carbocycles. The van der Waals surface area contributed by atoms with Crippen LogP contribution in [0, 0.1) is 5.92 Å². The van der Waals surface area contributed by atoms with Gasteiger partial charge >= 0.3 is 0 Å². The van der Waals surface area contributed by atoms with E-state index in [9.17, 15) is 0 Å². The van der Waals surface area contributed by atoms with Crippen LogP contribution >= 0.6 is 0 Å². The summed E-state index contributed by atoms with van der Waals surface area (Å²) in [6, 6.07) is 0.0306. The van der Waals surface area contributed by atoms with Crippen molar-refractivity contribution in [3.05, 3.63) is 0 Å². The Morgan fingerprint density at radius 1 is 1.40 bits per heavy atom. The van der Waals surface area contributed by atoms with Crippen molar-refractivity contribution in [2.45, 2.75) is 38.1 Å². The molecule has 0 saturated heterocycles. The zero-order chi connectivity index (χ0) is 7.40. The van der Waals surface area contributed by atoms with Crippen molar-refractivity contribution in [2.75, 3.05) is 6.61 Å². The van der Waals surface area contributed by atoms with Crippen LogP contribution in [0.25, 0.3) is 0 Å². The Morgan fingerprint density at radius 3 is 2.50 bits per heavy atom. The fourth-order valence-corrected chi connectivity index (χ4v) is 1.75. The molecule has 0 amide bonds. The van der Waals surface area contributed by atoms with Crippen molar-refractivity contribution in [3.8, 4) is 0 Å². The summed E-state index contributed by atoms with van der Waals surface area (Å²) >= 11 is 0. The van der Waals surface area contributed by atoms with E-state index in [4.69, 9.17) is 10.8 Å². The van der Waals surface area contributed by atoms with Gasteiger partial charge in [0.2, 0.25) is 0 Å². The van der Waals surface area contributed by atoms with Gasteiger partial charge in [0.1, 0.15) is 0 Å². The summed E-state index contributed by atoms with van der Waals surface area (Å²) in [5, 5.41) is 8.67. The molecule has 10 heavy (non-hydrogen) atoms. The second-order valence-corrected chi connectivity index (χ2v) is 3.33. The summed E-state index contributed by atoms with van der Waals surface area (Å²) in [4.78, 5) is 0. The third kappa shape index (κ3) is 2.27. The summed E-state index contributed by atoms with van der Waals surface area (Å²) in [7, 11) is 0. The van der Waals surface area contributed by atoms with Crippen LogP contribution in [0.15, 0.2) is 0 Å². The van der Waals surface area contributed by atoms with Crippen molar-refractivity contribution < 1.29 is 5.11 Å². The van der Waals surface area contributed by atoms with Gasteiger partial charge in [-0.2, -0.15) is 0 Å². The molecule has 0 spiro atoms. The van der Waals surface area contributed by atoms with Crippen molar-refractivity contribution in [1.82, 2.24) is 0 Å². The van der Waals surface area contributed by atoms with Gasteiger partial charge in [0.25, 0.3) is 0 Å². The van der Waals surface area contributed by atoms with Gasteiger partial charge in [0.15, 0.2) is 0 Å². The lowest BCUT2D eigenvalue weighted by Gasteiger charge is -2.12. The van der Waals surface area contributed by atoms with E-state index < -0.39 is 0 Å². The third-order valence-corrected chi connectivity index (χ3v) is 2.35. The van der Waals surface area contributed by atoms with Crippen LogP contribution in [-0.2, 0) is 0 Å². The lowest BCUT2D eigenvalue weighted by Crippen LogP contribution is -2.26. The zero-order valence-electron chi connectivity index (χ0n) is 6.42. The van der Waals surface area contributed by atoms with Crippen LogP contribution in [0.5, 0.6) is 0 Å².